The summed E-state index contributed by atoms with van der Waals surface area (Å²) in [5.74, 6) is 0. The van der Waals surface area contributed by atoms with Crippen LogP contribution in [0.15, 0.2) is 0 Å². The van der Waals surface area contributed by atoms with Gasteiger partial charge in [0.1, 0.15) is 0 Å². The fourth-order valence-corrected chi connectivity index (χ4v) is 3.35. The fourth-order valence-electron chi connectivity index (χ4n) is 3.35. The molecule has 4 nitrogen and oxygen atoms in total. The lowest BCUT2D eigenvalue weighted by molar-refractivity contribution is -0.109. The summed E-state index contributed by atoms with van der Waals surface area (Å²) in [5, 5.41) is 10.3. The lowest BCUT2D eigenvalue weighted by Gasteiger charge is -2.54. The molecule has 2 rings (SSSR count). The van der Waals surface area contributed by atoms with E-state index in [0.717, 1.165) is 39.4 Å². The maximum atomic E-state index is 10.3. The van der Waals surface area contributed by atoms with E-state index >= 15 is 0 Å². The van der Waals surface area contributed by atoms with Gasteiger partial charge in [0.2, 0.25) is 0 Å². The van der Waals surface area contributed by atoms with Gasteiger partial charge in [0.25, 0.3) is 0 Å². The Morgan fingerprint density at radius 1 is 1.29 bits per heavy atom. The summed E-state index contributed by atoms with van der Waals surface area (Å²) in [7, 11) is 4.01. The van der Waals surface area contributed by atoms with E-state index < -0.39 is 5.60 Å². The standard InChI is InChI=1S/C13H26N2O2/c1-12(16,8-14(2)3)9-15-10-13(11-15)4-6-17-7-5-13/h16H,4-11H2,1-3H3. The molecule has 2 aliphatic rings. The zero-order chi connectivity index (χ0) is 12.5. The van der Waals surface area contributed by atoms with E-state index in [9.17, 15) is 5.11 Å². The van der Waals surface area contributed by atoms with Gasteiger partial charge in [0, 0.05) is 44.8 Å². The predicted octanol–water partition coefficient (Wildman–Crippen LogP) is 0.411. The molecule has 0 bridgehead atoms. The monoisotopic (exact) mass is 242 g/mol. The minimum atomic E-state index is -0.601. The van der Waals surface area contributed by atoms with Crippen molar-refractivity contribution in [3.63, 3.8) is 0 Å². The number of aliphatic hydroxyl groups is 1. The van der Waals surface area contributed by atoms with Crippen molar-refractivity contribution in [1.29, 1.82) is 0 Å². The Labute approximate surface area is 105 Å². The summed E-state index contributed by atoms with van der Waals surface area (Å²) < 4.78 is 5.41. The van der Waals surface area contributed by atoms with E-state index in [-0.39, 0.29) is 0 Å². The van der Waals surface area contributed by atoms with Crippen molar-refractivity contribution in [3.8, 4) is 0 Å². The molecule has 2 aliphatic heterocycles. The van der Waals surface area contributed by atoms with Gasteiger partial charge in [-0.15, -0.1) is 0 Å². The van der Waals surface area contributed by atoms with Crippen LogP contribution in [0, 0.1) is 5.41 Å². The molecule has 0 saturated carbocycles. The van der Waals surface area contributed by atoms with E-state index in [4.69, 9.17) is 4.74 Å². The fraction of sp³-hybridized carbons (Fsp3) is 1.00. The maximum Gasteiger partial charge on any atom is 0.0871 e. The molecule has 1 atom stereocenters. The number of likely N-dealkylation sites (N-methyl/N-ethyl adjacent to an activating group) is 1. The molecule has 2 heterocycles. The van der Waals surface area contributed by atoms with Crippen LogP contribution in [0.4, 0.5) is 0 Å². The van der Waals surface area contributed by atoms with Gasteiger partial charge in [0.15, 0.2) is 0 Å². The molecule has 100 valence electrons. The Hall–Kier alpha value is -0.160. The first-order valence-corrected chi connectivity index (χ1v) is 6.58. The van der Waals surface area contributed by atoms with Gasteiger partial charge in [-0.2, -0.15) is 0 Å². The first-order chi connectivity index (χ1) is 7.91. The van der Waals surface area contributed by atoms with Crippen molar-refractivity contribution < 1.29 is 9.84 Å². The van der Waals surface area contributed by atoms with Crippen LogP contribution in [0.1, 0.15) is 19.8 Å². The van der Waals surface area contributed by atoms with Crippen molar-refractivity contribution in [2.24, 2.45) is 5.41 Å². The smallest absolute Gasteiger partial charge is 0.0871 e. The predicted molar refractivity (Wildman–Crippen MR) is 68.1 cm³/mol. The highest BCUT2D eigenvalue weighted by atomic mass is 16.5. The Kier molecular flexibility index (Phi) is 3.78. The molecule has 2 fully saturated rings. The first-order valence-electron chi connectivity index (χ1n) is 6.58. The number of likely N-dealkylation sites (tertiary alicyclic amines) is 1. The van der Waals surface area contributed by atoms with Crippen molar-refractivity contribution in [1.82, 2.24) is 9.80 Å². The second-order valence-corrected chi connectivity index (χ2v) is 6.49. The van der Waals surface area contributed by atoms with Gasteiger partial charge in [-0.25, -0.2) is 0 Å². The molecule has 1 N–H and O–H groups in total. The zero-order valence-electron chi connectivity index (χ0n) is 11.4. The quantitative estimate of drug-likeness (QED) is 0.775. The summed E-state index contributed by atoms with van der Waals surface area (Å²) in [4.78, 5) is 4.43. The average Bonchev–Trinajstić information content (AvgIpc) is 2.14. The molecular weight excluding hydrogens is 216 g/mol. The van der Waals surface area contributed by atoms with Gasteiger partial charge < -0.3 is 14.7 Å². The number of ether oxygens (including phenoxy) is 1. The minimum Gasteiger partial charge on any atom is -0.388 e. The first kappa shape index (κ1) is 13.3. The Morgan fingerprint density at radius 2 is 1.88 bits per heavy atom. The highest BCUT2D eigenvalue weighted by Gasteiger charge is 2.45. The Morgan fingerprint density at radius 3 is 2.41 bits per heavy atom. The lowest BCUT2D eigenvalue weighted by atomic mass is 9.73. The number of hydrogen-bond donors (Lipinski definition) is 1. The molecule has 1 spiro atoms. The van der Waals surface area contributed by atoms with E-state index in [1.807, 2.05) is 25.9 Å². The minimum absolute atomic E-state index is 0.506. The molecule has 4 heteroatoms. The second-order valence-electron chi connectivity index (χ2n) is 6.49. The molecule has 17 heavy (non-hydrogen) atoms. The number of hydrogen-bond acceptors (Lipinski definition) is 4. The highest BCUT2D eigenvalue weighted by molar-refractivity contribution is 4.98. The molecule has 0 amide bonds. The van der Waals surface area contributed by atoms with Crippen LogP contribution in [0.25, 0.3) is 0 Å². The van der Waals surface area contributed by atoms with Gasteiger partial charge in [-0.05, 0) is 33.9 Å². The molecule has 0 aromatic carbocycles. The van der Waals surface area contributed by atoms with Crippen molar-refractivity contribution in [2.75, 3.05) is 53.5 Å². The summed E-state index contributed by atoms with van der Waals surface area (Å²) in [6.07, 6.45) is 2.39. The normalized spacial score (nSPS) is 28.1. The van der Waals surface area contributed by atoms with Gasteiger partial charge in [-0.1, -0.05) is 0 Å². The molecule has 0 radical (unpaired) electrons. The van der Waals surface area contributed by atoms with Gasteiger partial charge in [0.05, 0.1) is 5.60 Å². The highest BCUT2D eigenvalue weighted by Crippen LogP contribution is 2.40. The molecule has 2 saturated heterocycles. The average molecular weight is 242 g/mol. The number of β-amino-alcohol motifs (C(OH)–C–C–N with tert-alkyl or cyclic N) is 1. The van der Waals surface area contributed by atoms with Crippen LogP contribution < -0.4 is 0 Å². The van der Waals surface area contributed by atoms with Crippen LogP contribution in [-0.4, -0.2) is 74.0 Å². The van der Waals surface area contributed by atoms with Gasteiger partial charge >= 0.3 is 0 Å². The zero-order valence-corrected chi connectivity index (χ0v) is 11.4. The summed E-state index contributed by atoms with van der Waals surface area (Å²) in [6, 6.07) is 0. The maximum absolute atomic E-state index is 10.3. The molecule has 0 aromatic rings. The molecule has 0 aromatic heterocycles. The van der Waals surface area contributed by atoms with E-state index in [2.05, 4.69) is 4.90 Å². The Balaban J connectivity index is 1.76. The van der Waals surface area contributed by atoms with E-state index in [1.54, 1.807) is 0 Å². The van der Waals surface area contributed by atoms with Crippen LogP contribution in [0.2, 0.25) is 0 Å². The topological polar surface area (TPSA) is 35.9 Å². The van der Waals surface area contributed by atoms with Crippen LogP contribution in [0.5, 0.6) is 0 Å². The summed E-state index contributed by atoms with van der Waals surface area (Å²) >= 11 is 0. The summed E-state index contributed by atoms with van der Waals surface area (Å²) in [6.45, 7) is 7.55. The molecular formula is C13H26N2O2. The third-order valence-corrected chi connectivity index (χ3v) is 3.89. The second kappa shape index (κ2) is 4.84. The molecule has 0 aliphatic carbocycles. The number of nitrogens with zero attached hydrogens (tertiary/aromatic N) is 2. The van der Waals surface area contributed by atoms with E-state index in [0.29, 0.717) is 5.41 Å². The summed E-state index contributed by atoms with van der Waals surface area (Å²) in [5.41, 5.74) is -0.0945. The van der Waals surface area contributed by atoms with Crippen molar-refractivity contribution in [3.05, 3.63) is 0 Å². The third-order valence-electron chi connectivity index (χ3n) is 3.89. The SMILES string of the molecule is CN(C)CC(C)(O)CN1CC2(CCOCC2)C1. The molecule has 1 unspecified atom stereocenters. The lowest BCUT2D eigenvalue weighted by Crippen LogP contribution is -2.62. The van der Waals surface area contributed by atoms with Crippen LogP contribution in [-0.2, 0) is 4.74 Å². The van der Waals surface area contributed by atoms with Crippen LogP contribution in [0.3, 0.4) is 0 Å². The Bertz CT molecular complexity index is 252. The van der Waals surface area contributed by atoms with Crippen molar-refractivity contribution in [2.45, 2.75) is 25.4 Å². The third kappa shape index (κ3) is 3.41. The van der Waals surface area contributed by atoms with E-state index in [1.165, 1.54) is 12.8 Å². The number of rotatable bonds is 4. The van der Waals surface area contributed by atoms with Gasteiger partial charge in [-0.3, -0.25) is 4.90 Å². The van der Waals surface area contributed by atoms with Crippen LogP contribution >= 0.6 is 0 Å². The largest absolute Gasteiger partial charge is 0.388 e. The van der Waals surface area contributed by atoms with Crippen molar-refractivity contribution >= 4 is 0 Å².